The monoisotopic (exact) mass is 352 g/mol. The molecule has 25 heavy (non-hydrogen) atoms. The Bertz CT molecular complexity index is 885. The van der Waals surface area contributed by atoms with Crippen LogP contribution in [0.3, 0.4) is 0 Å². The van der Waals surface area contributed by atoms with Crippen LogP contribution in [-0.2, 0) is 4.79 Å². The molecule has 0 aliphatic heterocycles. The third-order valence-corrected chi connectivity index (χ3v) is 4.76. The van der Waals surface area contributed by atoms with E-state index in [1.807, 2.05) is 68.6 Å². The number of nitrogens with zero attached hydrogens (tertiary/aromatic N) is 1. The summed E-state index contributed by atoms with van der Waals surface area (Å²) in [6, 6.07) is 13.5. The number of carbonyl (C=O) groups excluding carboxylic acids is 1. The van der Waals surface area contributed by atoms with E-state index >= 15 is 0 Å². The number of benzene rings is 2. The van der Waals surface area contributed by atoms with Gasteiger partial charge in [-0.05, 0) is 56.7 Å². The fourth-order valence-electron chi connectivity index (χ4n) is 2.47. The molecule has 3 rings (SSSR count). The summed E-state index contributed by atoms with van der Waals surface area (Å²) in [6.07, 6.45) is 0. The Morgan fingerprint density at radius 2 is 1.88 bits per heavy atom. The Balaban J connectivity index is 1.57. The van der Waals surface area contributed by atoms with Crippen molar-refractivity contribution in [3.63, 3.8) is 0 Å². The van der Waals surface area contributed by atoms with Crippen LogP contribution in [0.2, 0.25) is 0 Å². The second-order valence-corrected chi connectivity index (χ2v) is 6.83. The van der Waals surface area contributed by atoms with Gasteiger partial charge in [-0.15, -0.1) is 11.3 Å². The number of hydrogen-bond acceptors (Lipinski definition) is 4. The minimum absolute atomic E-state index is 0.0248. The molecule has 0 bridgehead atoms. The van der Waals surface area contributed by atoms with Gasteiger partial charge in [0.15, 0.2) is 6.61 Å². The maximum atomic E-state index is 12.1. The minimum Gasteiger partial charge on any atom is -0.484 e. The van der Waals surface area contributed by atoms with Crippen molar-refractivity contribution in [1.29, 1.82) is 0 Å². The average molecular weight is 352 g/mol. The molecule has 1 N–H and O–H groups in total. The van der Waals surface area contributed by atoms with Gasteiger partial charge in [0, 0.05) is 22.3 Å². The van der Waals surface area contributed by atoms with Gasteiger partial charge in [0.2, 0.25) is 0 Å². The first kappa shape index (κ1) is 17.2. The molecule has 0 spiro atoms. The topological polar surface area (TPSA) is 51.2 Å². The highest BCUT2D eigenvalue weighted by molar-refractivity contribution is 7.13. The molecule has 0 saturated heterocycles. The third kappa shape index (κ3) is 4.45. The Labute approximate surface area is 151 Å². The lowest BCUT2D eigenvalue weighted by Gasteiger charge is -2.10. The Morgan fingerprint density at radius 3 is 2.52 bits per heavy atom. The lowest BCUT2D eigenvalue weighted by Crippen LogP contribution is -2.20. The number of thiazole rings is 1. The van der Waals surface area contributed by atoms with Crippen LogP contribution >= 0.6 is 11.3 Å². The van der Waals surface area contributed by atoms with Gasteiger partial charge in [0.25, 0.3) is 5.91 Å². The molecule has 0 radical (unpaired) electrons. The Kier molecular flexibility index (Phi) is 5.14. The van der Waals surface area contributed by atoms with Crippen molar-refractivity contribution < 1.29 is 9.53 Å². The summed E-state index contributed by atoms with van der Waals surface area (Å²) in [7, 11) is 0. The quantitative estimate of drug-likeness (QED) is 0.721. The van der Waals surface area contributed by atoms with Crippen LogP contribution < -0.4 is 10.1 Å². The van der Waals surface area contributed by atoms with Crippen molar-refractivity contribution in [1.82, 2.24) is 4.98 Å². The van der Waals surface area contributed by atoms with Crippen molar-refractivity contribution >= 4 is 22.9 Å². The predicted molar refractivity (Wildman–Crippen MR) is 102 cm³/mol. The zero-order chi connectivity index (χ0) is 17.8. The standard InChI is InChI=1S/C20H20N2O2S/c1-13-4-9-18(14(2)10-13)22-19(23)11-24-17-7-5-16(6-8-17)20-21-15(3)12-25-20/h4-10,12H,11H2,1-3H3,(H,22,23). The van der Waals surface area contributed by atoms with Crippen molar-refractivity contribution in [3.8, 4) is 16.3 Å². The van der Waals surface area contributed by atoms with Crippen molar-refractivity contribution in [3.05, 3.63) is 64.7 Å². The van der Waals surface area contributed by atoms with E-state index in [9.17, 15) is 4.79 Å². The van der Waals surface area contributed by atoms with Crippen LogP contribution in [0.4, 0.5) is 5.69 Å². The number of aryl methyl sites for hydroxylation is 3. The lowest BCUT2D eigenvalue weighted by atomic mass is 10.1. The highest BCUT2D eigenvalue weighted by Crippen LogP contribution is 2.25. The van der Waals surface area contributed by atoms with Crippen LogP contribution in [0.25, 0.3) is 10.6 Å². The molecule has 0 fully saturated rings. The van der Waals surface area contributed by atoms with E-state index in [1.165, 1.54) is 5.56 Å². The summed E-state index contributed by atoms with van der Waals surface area (Å²) >= 11 is 1.61. The molecule has 2 aromatic carbocycles. The van der Waals surface area contributed by atoms with E-state index in [1.54, 1.807) is 11.3 Å². The van der Waals surface area contributed by atoms with E-state index < -0.39 is 0 Å². The summed E-state index contributed by atoms with van der Waals surface area (Å²) in [5.41, 5.74) is 5.08. The van der Waals surface area contributed by atoms with E-state index in [0.29, 0.717) is 5.75 Å². The molecule has 1 aromatic heterocycles. The van der Waals surface area contributed by atoms with Crippen LogP contribution in [0.5, 0.6) is 5.75 Å². The number of rotatable bonds is 5. The molecule has 0 saturated carbocycles. The van der Waals surface area contributed by atoms with E-state index in [2.05, 4.69) is 10.3 Å². The number of anilines is 1. The molecular weight excluding hydrogens is 332 g/mol. The molecule has 128 valence electrons. The Hall–Kier alpha value is -2.66. The molecule has 0 atom stereocenters. The SMILES string of the molecule is Cc1ccc(NC(=O)COc2ccc(-c3nc(C)cs3)cc2)c(C)c1. The highest BCUT2D eigenvalue weighted by atomic mass is 32.1. The smallest absolute Gasteiger partial charge is 0.262 e. The van der Waals surface area contributed by atoms with Gasteiger partial charge in [-0.1, -0.05) is 17.7 Å². The van der Waals surface area contributed by atoms with Crippen LogP contribution in [0, 0.1) is 20.8 Å². The molecule has 1 heterocycles. The molecule has 0 unspecified atom stereocenters. The highest BCUT2D eigenvalue weighted by Gasteiger charge is 2.07. The molecule has 0 aliphatic carbocycles. The summed E-state index contributed by atoms with van der Waals surface area (Å²) in [4.78, 5) is 16.5. The zero-order valence-electron chi connectivity index (χ0n) is 14.5. The first-order chi connectivity index (χ1) is 12.0. The summed E-state index contributed by atoms with van der Waals surface area (Å²) in [6.45, 7) is 5.95. The third-order valence-electron chi connectivity index (χ3n) is 3.75. The van der Waals surface area contributed by atoms with Crippen LogP contribution in [0.15, 0.2) is 47.8 Å². The normalized spacial score (nSPS) is 10.5. The molecular formula is C20H20N2O2S. The number of hydrogen-bond donors (Lipinski definition) is 1. The second kappa shape index (κ2) is 7.49. The maximum absolute atomic E-state index is 12.1. The molecule has 3 aromatic rings. The first-order valence-corrected chi connectivity index (χ1v) is 8.92. The second-order valence-electron chi connectivity index (χ2n) is 5.97. The number of ether oxygens (including phenoxy) is 1. The fraction of sp³-hybridized carbons (Fsp3) is 0.200. The van der Waals surface area contributed by atoms with Crippen molar-refractivity contribution in [2.45, 2.75) is 20.8 Å². The van der Waals surface area contributed by atoms with Gasteiger partial charge in [-0.2, -0.15) is 0 Å². The molecule has 0 aliphatic rings. The van der Waals surface area contributed by atoms with Gasteiger partial charge in [0.1, 0.15) is 10.8 Å². The number of nitrogens with one attached hydrogen (secondary N) is 1. The van der Waals surface area contributed by atoms with E-state index in [4.69, 9.17) is 4.74 Å². The van der Waals surface area contributed by atoms with Gasteiger partial charge in [-0.3, -0.25) is 4.79 Å². The van der Waals surface area contributed by atoms with Gasteiger partial charge in [0.05, 0.1) is 0 Å². The molecule has 4 nitrogen and oxygen atoms in total. The first-order valence-electron chi connectivity index (χ1n) is 8.04. The number of aromatic nitrogens is 1. The average Bonchev–Trinajstić information content (AvgIpc) is 3.02. The Morgan fingerprint density at radius 1 is 1.12 bits per heavy atom. The van der Waals surface area contributed by atoms with Crippen LogP contribution in [-0.4, -0.2) is 17.5 Å². The lowest BCUT2D eigenvalue weighted by molar-refractivity contribution is -0.118. The van der Waals surface area contributed by atoms with Crippen molar-refractivity contribution in [2.75, 3.05) is 11.9 Å². The summed E-state index contributed by atoms with van der Waals surface area (Å²) in [5, 5.41) is 5.88. The maximum Gasteiger partial charge on any atom is 0.262 e. The van der Waals surface area contributed by atoms with E-state index in [0.717, 1.165) is 27.5 Å². The van der Waals surface area contributed by atoms with Gasteiger partial charge < -0.3 is 10.1 Å². The number of carbonyl (C=O) groups is 1. The molecule has 1 amide bonds. The zero-order valence-corrected chi connectivity index (χ0v) is 15.3. The van der Waals surface area contributed by atoms with Gasteiger partial charge >= 0.3 is 0 Å². The molecule has 5 heteroatoms. The number of amides is 1. The largest absolute Gasteiger partial charge is 0.484 e. The van der Waals surface area contributed by atoms with Crippen LogP contribution in [0.1, 0.15) is 16.8 Å². The van der Waals surface area contributed by atoms with Crippen molar-refractivity contribution in [2.24, 2.45) is 0 Å². The van der Waals surface area contributed by atoms with Gasteiger partial charge in [-0.25, -0.2) is 4.98 Å². The summed E-state index contributed by atoms with van der Waals surface area (Å²) in [5.74, 6) is 0.486. The fourth-order valence-corrected chi connectivity index (χ4v) is 3.27. The summed E-state index contributed by atoms with van der Waals surface area (Å²) < 4.78 is 5.57. The minimum atomic E-state index is -0.174. The predicted octanol–water partition coefficient (Wildman–Crippen LogP) is 4.75. The van der Waals surface area contributed by atoms with E-state index in [-0.39, 0.29) is 12.5 Å².